The first kappa shape index (κ1) is 15.7. The van der Waals surface area contributed by atoms with Crippen molar-refractivity contribution in [2.24, 2.45) is 5.73 Å². The van der Waals surface area contributed by atoms with Crippen LogP contribution < -0.4 is 5.73 Å². The maximum atomic E-state index is 13.7. The molecule has 0 aliphatic carbocycles. The van der Waals surface area contributed by atoms with Gasteiger partial charge in [-0.05, 0) is 64.8 Å². The number of nitrogens with two attached hydrogens (primary N) is 1. The summed E-state index contributed by atoms with van der Waals surface area (Å²) in [7, 11) is 0. The lowest BCUT2D eigenvalue weighted by Crippen LogP contribution is -2.04. The summed E-state index contributed by atoms with van der Waals surface area (Å²) in [6.07, 6.45) is 2.90. The Bertz CT molecular complexity index is 606. The summed E-state index contributed by atoms with van der Waals surface area (Å²) in [6.45, 7) is 6.90. The molecule has 0 fully saturated rings. The van der Waals surface area contributed by atoms with Crippen molar-refractivity contribution in [1.82, 2.24) is 0 Å². The average molecular weight is 285 g/mol. The molecule has 0 radical (unpaired) electrons. The minimum absolute atomic E-state index is 0.203. The number of aryl methyl sites for hydroxylation is 3. The molecule has 2 aromatic carbocycles. The van der Waals surface area contributed by atoms with Crippen molar-refractivity contribution in [2.75, 3.05) is 0 Å². The highest BCUT2D eigenvalue weighted by Crippen LogP contribution is 2.33. The zero-order valence-corrected chi connectivity index (χ0v) is 13.2. The SMILES string of the molecule is CCc1cc(CC)c(-c2cc(F)ccc2CN)c(CC)c1. The Labute approximate surface area is 127 Å². The maximum Gasteiger partial charge on any atom is 0.123 e. The monoisotopic (exact) mass is 285 g/mol. The van der Waals surface area contributed by atoms with E-state index in [1.807, 2.05) is 0 Å². The first-order valence-electron chi connectivity index (χ1n) is 7.78. The van der Waals surface area contributed by atoms with E-state index in [-0.39, 0.29) is 5.82 Å². The molecule has 0 heterocycles. The van der Waals surface area contributed by atoms with Crippen LogP contribution in [-0.4, -0.2) is 0 Å². The van der Waals surface area contributed by atoms with Crippen LogP contribution in [0.2, 0.25) is 0 Å². The van der Waals surface area contributed by atoms with E-state index in [0.717, 1.165) is 30.4 Å². The van der Waals surface area contributed by atoms with Gasteiger partial charge < -0.3 is 5.73 Å². The van der Waals surface area contributed by atoms with Gasteiger partial charge in [0.2, 0.25) is 0 Å². The highest BCUT2D eigenvalue weighted by atomic mass is 19.1. The fraction of sp³-hybridized carbons (Fsp3) is 0.368. The topological polar surface area (TPSA) is 26.0 Å². The molecule has 0 amide bonds. The van der Waals surface area contributed by atoms with Crippen LogP contribution in [0.4, 0.5) is 4.39 Å². The first-order chi connectivity index (χ1) is 10.1. The van der Waals surface area contributed by atoms with Crippen molar-refractivity contribution in [3.63, 3.8) is 0 Å². The molecule has 1 nitrogen and oxygen atoms in total. The van der Waals surface area contributed by atoms with Gasteiger partial charge in [-0.15, -0.1) is 0 Å². The molecule has 0 atom stereocenters. The Hall–Kier alpha value is -1.67. The van der Waals surface area contributed by atoms with E-state index < -0.39 is 0 Å². The molecule has 0 unspecified atom stereocenters. The summed E-state index contributed by atoms with van der Waals surface area (Å²) >= 11 is 0. The van der Waals surface area contributed by atoms with Gasteiger partial charge in [0.25, 0.3) is 0 Å². The van der Waals surface area contributed by atoms with Crippen molar-refractivity contribution >= 4 is 0 Å². The van der Waals surface area contributed by atoms with Gasteiger partial charge in [-0.2, -0.15) is 0 Å². The third-order valence-electron chi connectivity index (χ3n) is 4.09. The fourth-order valence-corrected chi connectivity index (χ4v) is 2.91. The van der Waals surface area contributed by atoms with E-state index in [4.69, 9.17) is 5.73 Å². The van der Waals surface area contributed by atoms with Crippen LogP contribution in [0.5, 0.6) is 0 Å². The summed E-state index contributed by atoms with van der Waals surface area (Å²) in [5.41, 5.74) is 12.9. The lowest BCUT2D eigenvalue weighted by Gasteiger charge is -2.18. The van der Waals surface area contributed by atoms with Crippen LogP contribution in [0.3, 0.4) is 0 Å². The Balaban J connectivity index is 2.75. The number of benzene rings is 2. The van der Waals surface area contributed by atoms with E-state index in [9.17, 15) is 4.39 Å². The number of hydrogen-bond donors (Lipinski definition) is 1. The van der Waals surface area contributed by atoms with Crippen LogP contribution in [0.25, 0.3) is 11.1 Å². The van der Waals surface area contributed by atoms with E-state index in [1.165, 1.54) is 28.3 Å². The Kier molecular flexibility index (Phi) is 5.13. The van der Waals surface area contributed by atoms with E-state index >= 15 is 0 Å². The minimum atomic E-state index is -0.203. The Morgan fingerprint density at radius 2 is 1.48 bits per heavy atom. The summed E-state index contributed by atoms with van der Waals surface area (Å²) < 4.78 is 13.7. The van der Waals surface area contributed by atoms with Gasteiger partial charge in [-0.3, -0.25) is 0 Å². The molecule has 0 aromatic heterocycles. The molecular weight excluding hydrogens is 261 g/mol. The largest absolute Gasteiger partial charge is 0.326 e. The quantitative estimate of drug-likeness (QED) is 0.851. The second-order valence-electron chi connectivity index (χ2n) is 5.36. The predicted octanol–water partition coefficient (Wildman–Crippen LogP) is 4.64. The molecule has 0 bridgehead atoms. The van der Waals surface area contributed by atoms with Gasteiger partial charge in [-0.1, -0.05) is 39.0 Å². The van der Waals surface area contributed by atoms with Crippen molar-refractivity contribution in [3.05, 3.63) is 58.4 Å². The van der Waals surface area contributed by atoms with Crippen LogP contribution in [0.15, 0.2) is 30.3 Å². The second-order valence-corrected chi connectivity index (χ2v) is 5.36. The van der Waals surface area contributed by atoms with E-state index in [2.05, 4.69) is 32.9 Å². The molecule has 0 spiro atoms. The fourth-order valence-electron chi connectivity index (χ4n) is 2.91. The van der Waals surface area contributed by atoms with Crippen LogP contribution >= 0.6 is 0 Å². The zero-order valence-electron chi connectivity index (χ0n) is 13.2. The van der Waals surface area contributed by atoms with Crippen molar-refractivity contribution in [2.45, 2.75) is 46.6 Å². The lowest BCUT2D eigenvalue weighted by atomic mass is 9.87. The van der Waals surface area contributed by atoms with Gasteiger partial charge >= 0.3 is 0 Å². The van der Waals surface area contributed by atoms with Gasteiger partial charge in [0.05, 0.1) is 0 Å². The summed E-state index contributed by atoms with van der Waals surface area (Å²) in [5.74, 6) is -0.203. The molecule has 2 heteroatoms. The normalized spacial score (nSPS) is 10.9. The third kappa shape index (κ3) is 3.16. The smallest absolute Gasteiger partial charge is 0.123 e. The molecule has 2 rings (SSSR count). The number of hydrogen-bond acceptors (Lipinski definition) is 1. The minimum Gasteiger partial charge on any atom is -0.326 e. The van der Waals surface area contributed by atoms with Gasteiger partial charge in [-0.25, -0.2) is 4.39 Å². The molecular formula is C19H24FN. The molecule has 0 aliphatic heterocycles. The maximum absolute atomic E-state index is 13.7. The Morgan fingerprint density at radius 1 is 0.857 bits per heavy atom. The first-order valence-corrected chi connectivity index (χ1v) is 7.78. The summed E-state index contributed by atoms with van der Waals surface area (Å²) in [4.78, 5) is 0. The van der Waals surface area contributed by atoms with E-state index in [0.29, 0.717) is 6.54 Å². The Morgan fingerprint density at radius 3 is 1.95 bits per heavy atom. The molecule has 0 saturated heterocycles. The third-order valence-corrected chi connectivity index (χ3v) is 4.09. The second kappa shape index (κ2) is 6.86. The van der Waals surface area contributed by atoms with Gasteiger partial charge in [0.15, 0.2) is 0 Å². The molecule has 21 heavy (non-hydrogen) atoms. The van der Waals surface area contributed by atoms with Crippen molar-refractivity contribution in [3.8, 4) is 11.1 Å². The van der Waals surface area contributed by atoms with E-state index in [1.54, 1.807) is 12.1 Å². The molecule has 0 aliphatic rings. The standard InChI is InChI=1S/C19H24FN/c1-4-13-9-14(5-2)19(15(6-3)10-13)18-11-17(20)8-7-16(18)12-21/h7-11H,4-6,12,21H2,1-3H3. The average Bonchev–Trinajstić information content (AvgIpc) is 2.53. The molecule has 2 N–H and O–H groups in total. The predicted molar refractivity (Wildman–Crippen MR) is 87.9 cm³/mol. The highest BCUT2D eigenvalue weighted by Gasteiger charge is 2.14. The van der Waals surface area contributed by atoms with Crippen LogP contribution in [-0.2, 0) is 25.8 Å². The van der Waals surface area contributed by atoms with Gasteiger partial charge in [0.1, 0.15) is 5.82 Å². The van der Waals surface area contributed by atoms with Crippen molar-refractivity contribution in [1.29, 1.82) is 0 Å². The highest BCUT2D eigenvalue weighted by molar-refractivity contribution is 5.75. The lowest BCUT2D eigenvalue weighted by molar-refractivity contribution is 0.627. The molecule has 0 saturated carbocycles. The zero-order chi connectivity index (χ0) is 15.4. The number of rotatable bonds is 5. The van der Waals surface area contributed by atoms with Gasteiger partial charge in [0, 0.05) is 6.54 Å². The summed E-state index contributed by atoms with van der Waals surface area (Å²) in [6, 6.07) is 9.42. The molecule has 112 valence electrons. The summed E-state index contributed by atoms with van der Waals surface area (Å²) in [5, 5.41) is 0. The van der Waals surface area contributed by atoms with Crippen LogP contribution in [0, 0.1) is 5.82 Å². The number of halogens is 1. The van der Waals surface area contributed by atoms with Crippen LogP contribution in [0.1, 0.15) is 43.0 Å². The molecule has 2 aromatic rings. The van der Waals surface area contributed by atoms with Crippen molar-refractivity contribution < 1.29 is 4.39 Å².